The Kier molecular flexibility index (Phi) is 5.34. The van der Waals surface area contributed by atoms with E-state index in [4.69, 9.17) is 9.26 Å². The molecule has 5 nitrogen and oxygen atoms in total. The molecule has 1 aromatic rings. The zero-order valence-electron chi connectivity index (χ0n) is 12.2. The molecule has 2 rings (SSSR count). The van der Waals surface area contributed by atoms with Gasteiger partial charge in [-0.3, -0.25) is 0 Å². The van der Waals surface area contributed by atoms with E-state index in [1.165, 1.54) is 12.8 Å². The van der Waals surface area contributed by atoms with Crippen LogP contribution in [0.1, 0.15) is 57.9 Å². The zero-order chi connectivity index (χ0) is 13.7. The van der Waals surface area contributed by atoms with Gasteiger partial charge in [0.15, 0.2) is 0 Å². The van der Waals surface area contributed by atoms with E-state index >= 15 is 0 Å². The van der Waals surface area contributed by atoms with Crippen LogP contribution in [0, 0.1) is 5.92 Å². The third-order valence-electron chi connectivity index (χ3n) is 3.36. The summed E-state index contributed by atoms with van der Waals surface area (Å²) in [6, 6.07) is 0.361. The highest BCUT2D eigenvalue weighted by Crippen LogP contribution is 2.42. The monoisotopic (exact) mass is 267 g/mol. The second-order valence-corrected chi connectivity index (χ2v) is 5.32. The minimum Gasteiger partial charge on any atom is -0.370 e. The summed E-state index contributed by atoms with van der Waals surface area (Å²) < 4.78 is 11.1. The Morgan fingerprint density at radius 2 is 2.21 bits per heavy atom. The second-order valence-electron chi connectivity index (χ2n) is 5.32. The Bertz CT molecular complexity index is 377. The van der Waals surface area contributed by atoms with E-state index in [0.717, 1.165) is 25.2 Å². The maximum Gasteiger partial charge on any atom is 0.228 e. The molecule has 1 N–H and O–H groups in total. The normalized spacial score (nSPS) is 18.5. The predicted molar refractivity (Wildman–Crippen MR) is 72.8 cm³/mol. The van der Waals surface area contributed by atoms with Gasteiger partial charge in [0.25, 0.3) is 0 Å². The van der Waals surface area contributed by atoms with Crippen molar-refractivity contribution in [3.8, 4) is 0 Å². The van der Waals surface area contributed by atoms with Gasteiger partial charge in [0.05, 0.1) is 0 Å². The van der Waals surface area contributed by atoms with Crippen LogP contribution in [0.15, 0.2) is 4.52 Å². The molecule has 1 fully saturated rings. The van der Waals surface area contributed by atoms with Gasteiger partial charge in [-0.25, -0.2) is 0 Å². The maximum atomic E-state index is 5.73. The molecule has 0 amide bonds. The van der Waals surface area contributed by atoms with Crippen LogP contribution in [-0.2, 0) is 11.2 Å². The third kappa shape index (κ3) is 4.28. The van der Waals surface area contributed by atoms with Crippen LogP contribution in [0.3, 0.4) is 0 Å². The first-order valence-electron chi connectivity index (χ1n) is 7.42. The van der Waals surface area contributed by atoms with Gasteiger partial charge in [0.2, 0.25) is 11.7 Å². The van der Waals surface area contributed by atoms with E-state index in [0.29, 0.717) is 24.5 Å². The molecule has 2 unspecified atom stereocenters. The molecule has 0 aromatic carbocycles. The van der Waals surface area contributed by atoms with E-state index in [-0.39, 0.29) is 6.10 Å². The molecule has 19 heavy (non-hydrogen) atoms. The Morgan fingerprint density at radius 1 is 1.42 bits per heavy atom. The largest absolute Gasteiger partial charge is 0.370 e. The van der Waals surface area contributed by atoms with Gasteiger partial charge in [-0.2, -0.15) is 4.98 Å². The first-order chi connectivity index (χ1) is 9.24. The molecule has 1 aromatic heterocycles. The summed E-state index contributed by atoms with van der Waals surface area (Å²) in [6.45, 7) is 8.02. The molecule has 1 aliphatic rings. The number of nitrogens with zero attached hydrogens (tertiary/aromatic N) is 2. The fourth-order valence-corrected chi connectivity index (χ4v) is 2.19. The molecule has 1 heterocycles. The lowest BCUT2D eigenvalue weighted by Gasteiger charge is -2.11. The van der Waals surface area contributed by atoms with Crippen LogP contribution in [0.2, 0.25) is 0 Å². The molecule has 0 spiro atoms. The van der Waals surface area contributed by atoms with Gasteiger partial charge >= 0.3 is 0 Å². The summed E-state index contributed by atoms with van der Waals surface area (Å²) in [7, 11) is 0. The summed E-state index contributed by atoms with van der Waals surface area (Å²) in [5.74, 6) is 2.01. The van der Waals surface area contributed by atoms with Crippen LogP contribution >= 0.6 is 0 Å². The lowest BCUT2D eigenvalue weighted by molar-refractivity contribution is 0.0384. The van der Waals surface area contributed by atoms with Gasteiger partial charge in [-0.05, 0) is 45.6 Å². The van der Waals surface area contributed by atoms with Crippen molar-refractivity contribution < 1.29 is 9.26 Å². The smallest absolute Gasteiger partial charge is 0.228 e. The summed E-state index contributed by atoms with van der Waals surface area (Å²) in [5, 5.41) is 7.51. The Morgan fingerprint density at radius 3 is 2.84 bits per heavy atom. The van der Waals surface area contributed by atoms with E-state index in [2.05, 4.69) is 29.3 Å². The summed E-state index contributed by atoms with van der Waals surface area (Å²) in [5.41, 5.74) is 0. The van der Waals surface area contributed by atoms with Gasteiger partial charge < -0.3 is 14.6 Å². The van der Waals surface area contributed by atoms with E-state index in [1.54, 1.807) is 0 Å². The van der Waals surface area contributed by atoms with Crippen LogP contribution in [0.5, 0.6) is 0 Å². The lowest BCUT2D eigenvalue weighted by atomic mass is 10.2. The molecule has 0 bridgehead atoms. The molecule has 0 radical (unpaired) electrons. The topological polar surface area (TPSA) is 60.2 Å². The van der Waals surface area contributed by atoms with Crippen molar-refractivity contribution in [2.75, 3.05) is 13.2 Å². The zero-order valence-corrected chi connectivity index (χ0v) is 12.2. The van der Waals surface area contributed by atoms with Crippen LogP contribution < -0.4 is 5.32 Å². The van der Waals surface area contributed by atoms with Gasteiger partial charge in [0, 0.05) is 19.1 Å². The maximum absolute atomic E-state index is 5.73. The number of aromatic nitrogens is 2. The van der Waals surface area contributed by atoms with Crippen molar-refractivity contribution in [1.29, 1.82) is 0 Å². The van der Waals surface area contributed by atoms with E-state index in [1.807, 2.05) is 6.92 Å². The highest BCUT2D eigenvalue weighted by Gasteiger charge is 2.36. The molecule has 5 heteroatoms. The average Bonchev–Trinajstić information content (AvgIpc) is 3.14. The quantitative estimate of drug-likeness (QED) is 0.745. The summed E-state index contributed by atoms with van der Waals surface area (Å²) in [4.78, 5) is 4.50. The Labute approximate surface area is 115 Å². The molecule has 108 valence electrons. The second kappa shape index (κ2) is 7.01. The van der Waals surface area contributed by atoms with Crippen LogP contribution in [-0.4, -0.2) is 29.3 Å². The summed E-state index contributed by atoms with van der Waals surface area (Å²) >= 11 is 0. The lowest BCUT2D eigenvalue weighted by Crippen LogP contribution is -2.28. The summed E-state index contributed by atoms with van der Waals surface area (Å²) in [6.07, 6.45) is 4.36. The van der Waals surface area contributed by atoms with Crippen molar-refractivity contribution in [2.45, 2.75) is 58.6 Å². The first-order valence-corrected chi connectivity index (χ1v) is 7.42. The average molecular weight is 267 g/mol. The predicted octanol–water partition coefficient (Wildman–Crippen LogP) is 2.49. The SMILES string of the molecule is CCCNC(C)Cc1nc(C(OCC)C2CC2)no1. The highest BCUT2D eigenvalue weighted by molar-refractivity contribution is 4.99. The molecule has 1 saturated carbocycles. The fourth-order valence-electron chi connectivity index (χ4n) is 2.19. The number of hydrogen-bond donors (Lipinski definition) is 1. The minimum atomic E-state index is 0.0291. The standard InChI is InChI=1S/C14H25N3O2/c1-4-8-15-10(3)9-12-16-14(17-19-12)13(18-5-2)11-6-7-11/h10-11,13,15H,4-9H2,1-3H3. The van der Waals surface area contributed by atoms with Crippen LogP contribution in [0.4, 0.5) is 0 Å². The van der Waals surface area contributed by atoms with Crippen molar-refractivity contribution in [3.63, 3.8) is 0 Å². The Balaban J connectivity index is 1.90. The Hall–Kier alpha value is -0.940. The fraction of sp³-hybridized carbons (Fsp3) is 0.857. The molecular formula is C14H25N3O2. The number of ether oxygens (including phenoxy) is 1. The number of nitrogens with one attached hydrogen (secondary N) is 1. The van der Waals surface area contributed by atoms with Crippen molar-refractivity contribution >= 4 is 0 Å². The number of hydrogen-bond acceptors (Lipinski definition) is 5. The van der Waals surface area contributed by atoms with Crippen LogP contribution in [0.25, 0.3) is 0 Å². The van der Waals surface area contributed by atoms with Crippen molar-refractivity contribution in [3.05, 3.63) is 11.7 Å². The van der Waals surface area contributed by atoms with E-state index < -0.39 is 0 Å². The molecule has 0 aliphatic heterocycles. The van der Waals surface area contributed by atoms with E-state index in [9.17, 15) is 0 Å². The third-order valence-corrected chi connectivity index (χ3v) is 3.36. The molecular weight excluding hydrogens is 242 g/mol. The minimum absolute atomic E-state index is 0.0291. The molecule has 0 saturated heterocycles. The molecule has 2 atom stereocenters. The van der Waals surface area contributed by atoms with Gasteiger partial charge in [0.1, 0.15) is 6.10 Å². The van der Waals surface area contributed by atoms with Gasteiger partial charge in [-0.1, -0.05) is 12.1 Å². The molecule has 1 aliphatic carbocycles. The first kappa shape index (κ1) is 14.5. The number of rotatable bonds is 9. The van der Waals surface area contributed by atoms with Crippen molar-refractivity contribution in [2.24, 2.45) is 5.92 Å². The van der Waals surface area contributed by atoms with Gasteiger partial charge in [-0.15, -0.1) is 0 Å². The highest BCUT2D eigenvalue weighted by atomic mass is 16.5. The van der Waals surface area contributed by atoms with Crippen molar-refractivity contribution in [1.82, 2.24) is 15.5 Å².